The highest BCUT2D eigenvalue weighted by atomic mass is 16.2. The second-order valence-electron chi connectivity index (χ2n) is 6.25. The van der Waals surface area contributed by atoms with Gasteiger partial charge in [-0.3, -0.25) is 9.78 Å². The normalized spacial score (nSPS) is 14.5. The van der Waals surface area contributed by atoms with E-state index in [-0.39, 0.29) is 5.91 Å². The summed E-state index contributed by atoms with van der Waals surface area (Å²) in [7, 11) is 1.80. The average Bonchev–Trinajstić information content (AvgIpc) is 3.13. The second kappa shape index (κ2) is 7.86. The van der Waals surface area contributed by atoms with Crippen LogP contribution in [-0.2, 0) is 6.42 Å². The lowest BCUT2D eigenvalue weighted by Gasteiger charge is -2.17. The molecule has 0 spiro atoms. The molecule has 1 aliphatic carbocycles. The monoisotopic (exact) mass is 325 g/mol. The number of aromatic nitrogens is 3. The first-order valence-electron chi connectivity index (χ1n) is 8.45. The van der Waals surface area contributed by atoms with E-state index in [0.717, 1.165) is 12.0 Å². The maximum atomic E-state index is 12.4. The molecule has 2 heterocycles. The van der Waals surface area contributed by atoms with Gasteiger partial charge in [0.1, 0.15) is 0 Å². The lowest BCUT2D eigenvalue weighted by atomic mass is 10.2. The summed E-state index contributed by atoms with van der Waals surface area (Å²) in [6.07, 6.45) is 12.4. The van der Waals surface area contributed by atoms with Gasteiger partial charge in [-0.25, -0.2) is 9.97 Å². The predicted octanol–water partition coefficient (Wildman–Crippen LogP) is 2.54. The first-order chi connectivity index (χ1) is 11.7. The zero-order chi connectivity index (χ0) is 16.8. The van der Waals surface area contributed by atoms with Crippen LogP contribution >= 0.6 is 0 Å². The molecule has 126 valence electrons. The Kier molecular flexibility index (Phi) is 5.36. The van der Waals surface area contributed by atoms with Gasteiger partial charge in [-0.1, -0.05) is 12.8 Å². The van der Waals surface area contributed by atoms with Gasteiger partial charge in [0.15, 0.2) is 0 Å². The largest absolute Gasteiger partial charge is 0.351 e. The van der Waals surface area contributed by atoms with E-state index in [4.69, 9.17) is 0 Å². The van der Waals surface area contributed by atoms with E-state index in [9.17, 15) is 4.79 Å². The molecule has 0 unspecified atom stereocenters. The highest BCUT2D eigenvalue weighted by molar-refractivity contribution is 5.93. The van der Waals surface area contributed by atoms with Gasteiger partial charge in [-0.2, -0.15) is 0 Å². The molecular formula is C18H23N5O. The molecule has 1 amide bonds. The number of pyridine rings is 1. The van der Waals surface area contributed by atoms with E-state index in [0.29, 0.717) is 24.1 Å². The third-order valence-electron chi connectivity index (χ3n) is 4.42. The van der Waals surface area contributed by atoms with Crippen LogP contribution in [0.2, 0.25) is 0 Å². The highest BCUT2D eigenvalue weighted by Crippen LogP contribution is 2.20. The summed E-state index contributed by atoms with van der Waals surface area (Å²) in [5, 5.41) is 3.33. The molecule has 6 heteroatoms. The molecule has 0 aromatic carbocycles. The van der Waals surface area contributed by atoms with Crippen molar-refractivity contribution in [1.82, 2.24) is 19.9 Å². The highest BCUT2D eigenvalue weighted by Gasteiger charge is 2.16. The van der Waals surface area contributed by atoms with Crippen molar-refractivity contribution >= 4 is 11.9 Å². The molecule has 0 aliphatic heterocycles. The lowest BCUT2D eigenvalue weighted by molar-refractivity contribution is 0.0796. The van der Waals surface area contributed by atoms with Gasteiger partial charge < -0.3 is 10.2 Å². The van der Waals surface area contributed by atoms with Gasteiger partial charge in [-0.15, -0.1) is 0 Å². The molecule has 0 radical (unpaired) electrons. The number of anilines is 1. The van der Waals surface area contributed by atoms with Crippen LogP contribution in [0.5, 0.6) is 0 Å². The van der Waals surface area contributed by atoms with Crippen LogP contribution in [0.4, 0.5) is 5.95 Å². The molecule has 3 rings (SSSR count). The number of amides is 1. The second-order valence-corrected chi connectivity index (χ2v) is 6.25. The number of rotatable bonds is 6. The Hall–Kier alpha value is -2.50. The van der Waals surface area contributed by atoms with Crippen molar-refractivity contribution in [3.63, 3.8) is 0 Å². The van der Waals surface area contributed by atoms with Crippen LogP contribution in [-0.4, -0.2) is 45.4 Å². The minimum Gasteiger partial charge on any atom is -0.351 e. The summed E-state index contributed by atoms with van der Waals surface area (Å²) in [6.45, 7) is 0.644. The quantitative estimate of drug-likeness (QED) is 0.884. The summed E-state index contributed by atoms with van der Waals surface area (Å²) >= 11 is 0. The SMILES string of the molecule is CN(CCc1ccncc1)C(=O)c1cnc(NC2CCCC2)nc1. The Morgan fingerprint density at radius 2 is 1.88 bits per heavy atom. The van der Waals surface area contributed by atoms with Crippen LogP contribution in [0.25, 0.3) is 0 Å². The van der Waals surface area contributed by atoms with Crippen molar-refractivity contribution < 1.29 is 4.79 Å². The third kappa shape index (κ3) is 4.28. The fraction of sp³-hybridized carbons (Fsp3) is 0.444. The molecule has 6 nitrogen and oxygen atoms in total. The Bertz CT molecular complexity index is 653. The number of likely N-dealkylation sites (N-methyl/N-ethyl adjacent to an activating group) is 1. The van der Waals surface area contributed by atoms with Crippen LogP contribution < -0.4 is 5.32 Å². The Balaban J connectivity index is 1.53. The zero-order valence-electron chi connectivity index (χ0n) is 14.0. The molecule has 2 aromatic rings. The number of nitrogens with one attached hydrogen (secondary N) is 1. The minimum absolute atomic E-state index is 0.0588. The number of carbonyl (C=O) groups is 1. The number of carbonyl (C=O) groups excluding carboxylic acids is 1. The predicted molar refractivity (Wildman–Crippen MR) is 92.8 cm³/mol. The lowest BCUT2D eigenvalue weighted by Crippen LogP contribution is -2.29. The van der Waals surface area contributed by atoms with Crippen molar-refractivity contribution in [3.05, 3.63) is 48.0 Å². The van der Waals surface area contributed by atoms with Crippen LogP contribution in [0.15, 0.2) is 36.9 Å². The van der Waals surface area contributed by atoms with Gasteiger partial charge in [0.2, 0.25) is 5.95 Å². The molecular weight excluding hydrogens is 302 g/mol. The molecule has 1 N–H and O–H groups in total. The van der Waals surface area contributed by atoms with Gasteiger partial charge >= 0.3 is 0 Å². The van der Waals surface area contributed by atoms with Gasteiger partial charge in [0.25, 0.3) is 5.91 Å². The van der Waals surface area contributed by atoms with Crippen molar-refractivity contribution in [1.29, 1.82) is 0 Å². The molecule has 0 bridgehead atoms. The van der Waals surface area contributed by atoms with E-state index >= 15 is 0 Å². The molecule has 0 saturated heterocycles. The van der Waals surface area contributed by atoms with E-state index in [1.165, 1.54) is 25.7 Å². The fourth-order valence-electron chi connectivity index (χ4n) is 2.93. The number of nitrogens with zero attached hydrogens (tertiary/aromatic N) is 4. The van der Waals surface area contributed by atoms with Crippen molar-refractivity contribution in [3.8, 4) is 0 Å². The van der Waals surface area contributed by atoms with E-state index in [2.05, 4.69) is 20.3 Å². The topological polar surface area (TPSA) is 71.0 Å². The first kappa shape index (κ1) is 16.4. The average molecular weight is 325 g/mol. The van der Waals surface area contributed by atoms with Gasteiger partial charge in [0.05, 0.1) is 5.56 Å². The Morgan fingerprint density at radius 1 is 1.21 bits per heavy atom. The third-order valence-corrected chi connectivity index (χ3v) is 4.42. The van der Waals surface area contributed by atoms with Crippen molar-refractivity contribution in [2.45, 2.75) is 38.1 Å². The summed E-state index contributed by atoms with van der Waals surface area (Å²) in [5.41, 5.74) is 1.68. The molecule has 1 aliphatic rings. The smallest absolute Gasteiger partial charge is 0.256 e. The Morgan fingerprint density at radius 3 is 2.54 bits per heavy atom. The molecule has 24 heavy (non-hydrogen) atoms. The number of hydrogen-bond acceptors (Lipinski definition) is 5. The minimum atomic E-state index is -0.0588. The molecule has 0 atom stereocenters. The summed E-state index contributed by atoms with van der Waals surface area (Å²) in [6, 6.07) is 4.39. The summed E-state index contributed by atoms with van der Waals surface area (Å²) in [4.78, 5) is 26.7. The summed E-state index contributed by atoms with van der Waals surface area (Å²) in [5.74, 6) is 0.550. The van der Waals surface area contributed by atoms with E-state index in [1.54, 1.807) is 36.7 Å². The maximum Gasteiger partial charge on any atom is 0.256 e. The number of hydrogen-bond donors (Lipinski definition) is 1. The van der Waals surface area contributed by atoms with Crippen LogP contribution in [0.1, 0.15) is 41.6 Å². The van der Waals surface area contributed by atoms with Gasteiger partial charge in [0, 0.05) is 44.4 Å². The maximum absolute atomic E-state index is 12.4. The zero-order valence-corrected chi connectivity index (χ0v) is 14.0. The first-order valence-corrected chi connectivity index (χ1v) is 8.45. The molecule has 1 fully saturated rings. The van der Waals surface area contributed by atoms with E-state index in [1.807, 2.05) is 12.1 Å². The fourth-order valence-corrected chi connectivity index (χ4v) is 2.93. The van der Waals surface area contributed by atoms with Crippen molar-refractivity contribution in [2.75, 3.05) is 18.9 Å². The Labute approximate surface area is 142 Å². The van der Waals surface area contributed by atoms with Crippen molar-refractivity contribution in [2.24, 2.45) is 0 Å². The molecule has 1 saturated carbocycles. The molecule has 2 aromatic heterocycles. The summed E-state index contributed by atoms with van der Waals surface area (Å²) < 4.78 is 0. The van der Waals surface area contributed by atoms with Gasteiger partial charge in [-0.05, 0) is 37.0 Å². The van der Waals surface area contributed by atoms with Crippen LogP contribution in [0.3, 0.4) is 0 Å². The van der Waals surface area contributed by atoms with E-state index < -0.39 is 0 Å². The standard InChI is InChI=1S/C18H23N5O/c1-23(11-8-14-6-9-19-10-7-14)17(24)15-12-20-18(21-13-15)22-16-4-2-3-5-16/h6-7,9-10,12-13,16H,2-5,8,11H2,1H3,(H,20,21,22). The van der Waals surface area contributed by atoms with Crippen LogP contribution in [0, 0.1) is 0 Å².